The maximum atomic E-state index is 11.7. The van der Waals surface area contributed by atoms with Crippen molar-refractivity contribution in [3.8, 4) is 0 Å². The Morgan fingerprint density at radius 3 is 2.58 bits per heavy atom. The molecule has 0 spiro atoms. The number of ether oxygens (including phenoxy) is 1. The molecule has 7 heteroatoms. The number of carbonyl (C=O) groups is 3. The van der Waals surface area contributed by atoms with E-state index in [0.29, 0.717) is 11.6 Å². The Morgan fingerprint density at radius 1 is 1.47 bits per heavy atom. The van der Waals surface area contributed by atoms with Crippen molar-refractivity contribution in [2.45, 2.75) is 39.3 Å². The molecule has 0 aliphatic carbocycles. The van der Waals surface area contributed by atoms with Gasteiger partial charge in [0.1, 0.15) is 18.2 Å². The minimum Gasteiger partial charge on any atom is -0.458 e. The third kappa shape index (κ3) is 5.50. The summed E-state index contributed by atoms with van der Waals surface area (Å²) in [7, 11) is 0. The van der Waals surface area contributed by atoms with Gasteiger partial charge in [-0.2, -0.15) is 0 Å². The minimum atomic E-state index is -0.725. The largest absolute Gasteiger partial charge is 0.458 e. The summed E-state index contributed by atoms with van der Waals surface area (Å²) in [4.78, 5) is 36.2. The van der Waals surface area contributed by atoms with Crippen LogP contribution in [0.2, 0.25) is 0 Å². The molecule has 0 aromatic carbocycles. The minimum absolute atomic E-state index is 0.0149. The first-order valence-electron chi connectivity index (χ1n) is 6.07. The van der Waals surface area contributed by atoms with Crippen molar-refractivity contribution >= 4 is 29.5 Å². The molecule has 0 aromatic rings. The Kier molecular flexibility index (Phi) is 5.22. The third-order valence-corrected chi connectivity index (χ3v) is 3.24. The van der Waals surface area contributed by atoms with Crippen molar-refractivity contribution in [3.05, 3.63) is 0 Å². The monoisotopic (exact) mass is 288 g/mol. The van der Waals surface area contributed by atoms with Crippen LogP contribution >= 0.6 is 11.8 Å². The summed E-state index contributed by atoms with van der Waals surface area (Å²) in [5, 5.41) is 2.53. The van der Waals surface area contributed by atoms with E-state index in [4.69, 9.17) is 4.74 Å². The van der Waals surface area contributed by atoms with Gasteiger partial charge in [0.05, 0.1) is 11.6 Å². The summed E-state index contributed by atoms with van der Waals surface area (Å²) in [6.45, 7) is 6.84. The number of nitrogens with zero attached hydrogens (tertiary/aromatic N) is 1. The Labute approximate surface area is 117 Å². The summed E-state index contributed by atoms with van der Waals surface area (Å²) in [5.74, 6) is 0.0457. The lowest BCUT2D eigenvalue weighted by molar-refractivity contribution is -0.158. The zero-order valence-electron chi connectivity index (χ0n) is 11.7. The average Bonchev–Trinajstić information content (AvgIpc) is 2.61. The van der Waals surface area contributed by atoms with E-state index in [1.165, 1.54) is 16.7 Å². The van der Waals surface area contributed by atoms with Crippen LogP contribution in [-0.4, -0.2) is 52.5 Å². The average molecular weight is 288 g/mol. The van der Waals surface area contributed by atoms with E-state index in [-0.39, 0.29) is 18.4 Å². The summed E-state index contributed by atoms with van der Waals surface area (Å²) in [5.41, 5.74) is -0.586. The zero-order valence-corrected chi connectivity index (χ0v) is 12.5. The van der Waals surface area contributed by atoms with Crippen molar-refractivity contribution in [2.24, 2.45) is 0 Å². The fourth-order valence-electron chi connectivity index (χ4n) is 1.45. The number of rotatable bonds is 4. The van der Waals surface area contributed by atoms with Crippen LogP contribution in [0.25, 0.3) is 0 Å². The SMILES string of the molecule is C[C@@H](NC(=O)CN1CSCC1=O)C(=O)OC(C)(C)C. The lowest BCUT2D eigenvalue weighted by Gasteiger charge is -2.23. The van der Waals surface area contributed by atoms with Gasteiger partial charge in [-0.3, -0.25) is 9.59 Å². The molecular formula is C12H20N2O4S. The predicted octanol–water partition coefficient (Wildman–Crippen LogP) is 0.366. The van der Waals surface area contributed by atoms with Crippen LogP contribution in [0.4, 0.5) is 0 Å². The molecule has 2 amide bonds. The van der Waals surface area contributed by atoms with E-state index in [2.05, 4.69) is 5.32 Å². The van der Waals surface area contributed by atoms with Crippen LogP contribution in [0.5, 0.6) is 0 Å². The van der Waals surface area contributed by atoms with E-state index < -0.39 is 17.6 Å². The Bertz CT molecular complexity index is 378. The molecule has 19 heavy (non-hydrogen) atoms. The highest BCUT2D eigenvalue weighted by Crippen LogP contribution is 2.14. The topological polar surface area (TPSA) is 75.7 Å². The molecule has 1 heterocycles. The van der Waals surface area contributed by atoms with Gasteiger partial charge in [0.2, 0.25) is 11.8 Å². The lowest BCUT2D eigenvalue weighted by Crippen LogP contribution is -2.46. The van der Waals surface area contributed by atoms with Crippen molar-refractivity contribution in [1.82, 2.24) is 10.2 Å². The number of nitrogens with one attached hydrogen (secondary N) is 1. The van der Waals surface area contributed by atoms with Gasteiger partial charge < -0.3 is 15.0 Å². The van der Waals surface area contributed by atoms with Gasteiger partial charge in [0, 0.05) is 0 Å². The van der Waals surface area contributed by atoms with Crippen LogP contribution in [0.3, 0.4) is 0 Å². The van der Waals surface area contributed by atoms with Crippen molar-refractivity contribution in [3.63, 3.8) is 0 Å². The zero-order chi connectivity index (χ0) is 14.6. The molecule has 6 nitrogen and oxygen atoms in total. The van der Waals surface area contributed by atoms with Crippen molar-refractivity contribution in [1.29, 1.82) is 0 Å². The Hall–Kier alpha value is -1.24. The molecule has 1 atom stereocenters. The van der Waals surface area contributed by atoms with Crippen LogP contribution in [0.15, 0.2) is 0 Å². The number of amides is 2. The first kappa shape index (κ1) is 15.8. The van der Waals surface area contributed by atoms with E-state index in [0.717, 1.165) is 0 Å². The third-order valence-electron chi connectivity index (χ3n) is 2.30. The normalized spacial score (nSPS) is 17.3. The van der Waals surface area contributed by atoms with Gasteiger partial charge in [-0.25, -0.2) is 4.79 Å². The second-order valence-corrected chi connectivity index (χ2v) is 6.35. The molecule has 1 aliphatic rings. The van der Waals surface area contributed by atoms with E-state index in [1.54, 1.807) is 27.7 Å². The molecule has 1 saturated heterocycles. The molecule has 1 fully saturated rings. The molecule has 1 N–H and O–H groups in total. The molecule has 0 saturated carbocycles. The van der Waals surface area contributed by atoms with Crippen molar-refractivity contribution < 1.29 is 19.1 Å². The first-order chi connectivity index (χ1) is 8.69. The molecule has 0 bridgehead atoms. The molecule has 0 unspecified atom stereocenters. The van der Waals surface area contributed by atoms with Crippen LogP contribution in [-0.2, 0) is 19.1 Å². The highest BCUT2D eigenvalue weighted by molar-refractivity contribution is 8.00. The summed E-state index contributed by atoms with van der Waals surface area (Å²) >= 11 is 1.47. The molecular weight excluding hydrogens is 268 g/mol. The summed E-state index contributed by atoms with van der Waals surface area (Å²) in [6.07, 6.45) is 0. The fourth-order valence-corrected chi connectivity index (χ4v) is 2.35. The maximum absolute atomic E-state index is 11.7. The molecule has 1 rings (SSSR count). The standard InChI is InChI=1S/C12H20N2O4S/c1-8(11(17)18-12(2,3)4)13-9(15)5-14-7-19-6-10(14)16/h8H,5-7H2,1-4H3,(H,13,15)/t8-/m1/s1. The van der Waals surface area contributed by atoms with Gasteiger partial charge >= 0.3 is 5.97 Å². The van der Waals surface area contributed by atoms with Crippen LogP contribution < -0.4 is 5.32 Å². The summed E-state index contributed by atoms with van der Waals surface area (Å²) in [6, 6.07) is -0.725. The second-order valence-electron chi connectivity index (χ2n) is 5.39. The predicted molar refractivity (Wildman–Crippen MR) is 72.5 cm³/mol. The molecule has 1 aliphatic heterocycles. The maximum Gasteiger partial charge on any atom is 0.328 e. The van der Waals surface area contributed by atoms with Crippen LogP contribution in [0, 0.1) is 0 Å². The van der Waals surface area contributed by atoms with E-state index in [1.807, 2.05) is 0 Å². The van der Waals surface area contributed by atoms with Crippen LogP contribution in [0.1, 0.15) is 27.7 Å². The first-order valence-corrected chi connectivity index (χ1v) is 7.22. The highest BCUT2D eigenvalue weighted by atomic mass is 32.2. The lowest BCUT2D eigenvalue weighted by atomic mass is 10.2. The van der Waals surface area contributed by atoms with Gasteiger partial charge in [0.15, 0.2) is 0 Å². The van der Waals surface area contributed by atoms with Gasteiger partial charge in [-0.15, -0.1) is 11.8 Å². The van der Waals surface area contributed by atoms with Gasteiger partial charge in [0.25, 0.3) is 0 Å². The summed E-state index contributed by atoms with van der Waals surface area (Å²) < 4.78 is 5.15. The molecule has 0 radical (unpaired) electrons. The molecule has 108 valence electrons. The smallest absolute Gasteiger partial charge is 0.328 e. The van der Waals surface area contributed by atoms with E-state index >= 15 is 0 Å². The number of hydrogen-bond donors (Lipinski definition) is 1. The van der Waals surface area contributed by atoms with E-state index in [9.17, 15) is 14.4 Å². The number of esters is 1. The van der Waals surface area contributed by atoms with Gasteiger partial charge in [-0.05, 0) is 27.7 Å². The number of hydrogen-bond acceptors (Lipinski definition) is 5. The number of carbonyl (C=O) groups excluding carboxylic acids is 3. The highest BCUT2D eigenvalue weighted by Gasteiger charge is 2.26. The Balaban J connectivity index is 2.39. The Morgan fingerprint density at radius 2 is 2.11 bits per heavy atom. The quantitative estimate of drug-likeness (QED) is 0.756. The van der Waals surface area contributed by atoms with Crippen molar-refractivity contribution in [2.75, 3.05) is 18.2 Å². The second kappa shape index (κ2) is 6.27. The fraction of sp³-hybridized carbons (Fsp3) is 0.750. The molecule has 0 aromatic heterocycles. The number of thioether (sulfide) groups is 1. The van der Waals surface area contributed by atoms with Gasteiger partial charge in [-0.1, -0.05) is 0 Å².